The normalized spacial score (nSPS) is 23.3. The Kier molecular flexibility index (Phi) is 5.42. The predicted octanol–water partition coefficient (Wildman–Crippen LogP) is 0.429. The summed E-state index contributed by atoms with van der Waals surface area (Å²) in [4.78, 5) is 29.0. The van der Waals surface area contributed by atoms with Crippen LogP contribution in [0, 0.1) is 0 Å². The van der Waals surface area contributed by atoms with Gasteiger partial charge in [-0.05, 0) is 31.4 Å². The van der Waals surface area contributed by atoms with E-state index >= 15 is 0 Å². The Morgan fingerprint density at radius 1 is 0.931 bits per heavy atom. The largest absolute Gasteiger partial charge is 1.00 e. The topological polar surface area (TPSA) is 40.4 Å². The molecule has 2 unspecified atom stereocenters. The molecule has 0 spiro atoms. The first kappa shape index (κ1) is 20.0. The van der Waals surface area contributed by atoms with Crippen molar-refractivity contribution in [1.82, 2.24) is 4.90 Å². The van der Waals surface area contributed by atoms with Crippen LogP contribution in [0.25, 0.3) is 6.08 Å². The van der Waals surface area contributed by atoms with Gasteiger partial charge in [-0.1, -0.05) is 54.6 Å². The van der Waals surface area contributed by atoms with Crippen LogP contribution in [0.15, 0.2) is 60.7 Å². The van der Waals surface area contributed by atoms with Crippen LogP contribution in [-0.2, 0) is 0 Å². The molecule has 0 aromatic heterocycles. The predicted molar refractivity (Wildman–Crippen MR) is 109 cm³/mol. The molecule has 1 fully saturated rings. The summed E-state index contributed by atoms with van der Waals surface area (Å²) in [5.41, 5.74) is 2.25. The van der Waals surface area contributed by atoms with Crippen LogP contribution in [-0.4, -0.2) is 51.5 Å². The van der Waals surface area contributed by atoms with E-state index in [0.717, 1.165) is 24.2 Å². The molecule has 0 radical (unpaired) electrons. The summed E-state index contributed by atoms with van der Waals surface area (Å²) in [6.45, 7) is 2.75. The Hall–Kier alpha value is -2.28. The Morgan fingerprint density at radius 3 is 2.17 bits per heavy atom. The summed E-state index contributed by atoms with van der Waals surface area (Å²) in [7, 11) is 0. The summed E-state index contributed by atoms with van der Waals surface area (Å²) in [5.74, 6) is 1.14. The zero-order valence-corrected chi connectivity index (χ0v) is 18.5. The fourth-order valence-electron chi connectivity index (χ4n) is 4.58. The summed E-state index contributed by atoms with van der Waals surface area (Å²) in [6, 6.07) is 16.9. The maximum absolute atomic E-state index is 13.4. The molecule has 0 bridgehead atoms. The minimum atomic E-state index is -0.427. The number of hydrogen-bond donors (Lipinski definition) is 0. The van der Waals surface area contributed by atoms with Gasteiger partial charge in [0.2, 0.25) is 23.7 Å². The van der Waals surface area contributed by atoms with Gasteiger partial charge in [-0.15, -0.1) is 0 Å². The van der Waals surface area contributed by atoms with Crippen LogP contribution in [0.4, 0.5) is 0 Å². The molecule has 29 heavy (non-hydrogen) atoms. The molecule has 0 saturated heterocycles. The maximum Gasteiger partial charge on any atom is 0.273 e. The number of amidine groups is 1. The maximum atomic E-state index is 13.4. The third kappa shape index (κ3) is 3.25. The Morgan fingerprint density at radius 2 is 1.55 bits per heavy atom. The lowest BCUT2D eigenvalue weighted by Gasteiger charge is -2.27. The van der Waals surface area contributed by atoms with Gasteiger partial charge in [0.1, 0.15) is 0 Å². The van der Waals surface area contributed by atoms with E-state index < -0.39 is 12.1 Å². The first-order valence-corrected chi connectivity index (χ1v) is 10.0. The molecule has 2 aromatic carbocycles. The molecule has 5 rings (SSSR count). The molecular formula is C24H23IN2O2. The first-order valence-electron chi connectivity index (χ1n) is 10.0. The van der Waals surface area contributed by atoms with E-state index in [9.17, 15) is 9.59 Å². The molecule has 148 valence electrons. The number of benzene rings is 2. The number of fused-ring (bicyclic) bond motifs is 2. The van der Waals surface area contributed by atoms with Gasteiger partial charge in [-0.3, -0.25) is 9.59 Å². The number of rotatable bonds is 4. The molecule has 1 saturated carbocycles. The number of nitrogens with zero attached hydrogens (tertiary/aromatic N) is 2. The van der Waals surface area contributed by atoms with Gasteiger partial charge < -0.3 is 24.0 Å². The van der Waals surface area contributed by atoms with Crippen molar-refractivity contribution in [3.63, 3.8) is 0 Å². The fraction of sp³-hybridized carbons (Fsp3) is 0.292. The van der Waals surface area contributed by atoms with Gasteiger partial charge in [-0.2, -0.15) is 0 Å². The number of carbonyl (C=O) groups is 2. The van der Waals surface area contributed by atoms with Crippen LogP contribution in [0.3, 0.4) is 0 Å². The summed E-state index contributed by atoms with van der Waals surface area (Å²) < 4.78 is 2.12. The van der Waals surface area contributed by atoms with Crippen molar-refractivity contribution in [1.29, 1.82) is 0 Å². The Labute approximate surface area is 187 Å². The van der Waals surface area contributed by atoms with Gasteiger partial charge in [-0.25, -0.2) is 9.48 Å². The van der Waals surface area contributed by atoms with E-state index in [0.29, 0.717) is 23.7 Å². The quantitative estimate of drug-likeness (QED) is 0.454. The third-order valence-corrected chi connectivity index (χ3v) is 5.99. The van der Waals surface area contributed by atoms with Crippen molar-refractivity contribution in [2.75, 3.05) is 6.54 Å². The Bertz CT molecular complexity index is 1020. The van der Waals surface area contributed by atoms with Gasteiger partial charge in [0.15, 0.2) is 0 Å². The van der Waals surface area contributed by atoms with Gasteiger partial charge >= 0.3 is 0 Å². The van der Waals surface area contributed by atoms with E-state index in [-0.39, 0.29) is 35.5 Å². The summed E-state index contributed by atoms with van der Waals surface area (Å²) in [6.07, 6.45) is 6.31. The van der Waals surface area contributed by atoms with Crippen molar-refractivity contribution >= 4 is 23.5 Å². The summed E-state index contributed by atoms with van der Waals surface area (Å²) in [5, 5.41) is 0. The number of ketones is 2. The van der Waals surface area contributed by atoms with Gasteiger partial charge in [0, 0.05) is 17.2 Å². The minimum absolute atomic E-state index is 0. The van der Waals surface area contributed by atoms with E-state index in [1.54, 1.807) is 12.1 Å². The van der Waals surface area contributed by atoms with Crippen molar-refractivity contribution in [3.05, 3.63) is 77.4 Å². The lowest BCUT2D eigenvalue weighted by Crippen LogP contribution is -3.00. The molecule has 4 nitrogen and oxygen atoms in total. The number of hydrogen-bond acceptors (Lipinski definition) is 3. The van der Waals surface area contributed by atoms with Crippen molar-refractivity contribution in [3.8, 4) is 0 Å². The highest BCUT2D eigenvalue weighted by Crippen LogP contribution is 2.38. The lowest BCUT2D eigenvalue weighted by molar-refractivity contribution is -0.538. The zero-order valence-electron chi connectivity index (χ0n) is 16.3. The monoisotopic (exact) mass is 498 g/mol. The van der Waals surface area contributed by atoms with Crippen molar-refractivity contribution < 1.29 is 38.1 Å². The number of likely N-dealkylation sites (N-methyl/N-ethyl adjacent to an activating group) is 1. The Balaban J connectivity index is 0.00000205. The minimum Gasteiger partial charge on any atom is -1.00 e. The highest BCUT2D eigenvalue weighted by atomic mass is 127. The van der Waals surface area contributed by atoms with E-state index in [1.165, 1.54) is 0 Å². The average molecular weight is 498 g/mol. The molecule has 2 aromatic rings. The second-order valence-corrected chi connectivity index (χ2v) is 7.69. The molecule has 3 aliphatic rings. The van der Waals surface area contributed by atoms with Crippen molar-refractivity contribution in [2.45, 2.75) is 37.9 Å². The molecule has 1 aliphatic heterocycles. The van der Waals surface area contributed by atoms with Crippen LogP contribution < -0.4 is 24.0 Å². The van der Waals surface area contributed by atoms with Crippen LogP contribution >= 0.6 is 0 Å². The second kappa shape index (κ2) is 7.86. The molecule has 1 heterocycles. The second-order valence-electron chi connectivity index (χ2n) is 7.69. The van der Waals surface area contributed by atoms with E-state index in [2.05, 4.69) is 40.7 Å². The molecule has 0 amide bonds. The number of Topliss-reactive ketones (excluding diaryl/α,β-unsaturated/α-hetero) is 2. The van der Waals surface area contributed by atoms with Gasteiger partial charge in [0.05, 0.1) is 12.6 Å². The number of halogens is 1. The SMILES string of the molecule is CC[N+]1=C(/C=C/c2ccccc2)N(C2CC2)C2C(=O)c3ccccc3C(=O)C21.[I-]. The molecule has 2 aliphatic carbocycles. The van der Waals surface area contributed by atoms with E-state index in [1.807, 2.05) is 30.3 Å². The number of carbonyl (C=O) groups excluding carboxylic acids is 2. The molecule has 5 heteroatoms. The highest BCUT2D eigenvalue weighted by Gasteiger charge is 2.60. The molecule has 2 atom stereocenters. The highest BCUT2D eigenvalue weighted by molar-refractivity contribution is 6.20. The van der Waals surface area contributed by atoms with Crippen molar-refractivity contribution in [2.24, 2.45) is 0 Å². The van der Waals surface area contributed by atoms with Crippen LogP contribution in [0.1, 0.15) is 46.0 Å². The fourth-order valence-corrected chi connectivity index (χ4v) is 4.58. The third-order valence-electron chi connectivity index (χ3n) is 5.99. The lowest BCUT2D eigenvalue weighted by atomic mass is 9.82. The smallest absolute Gasteiger partial charge is 0.273 e. The molecular weight excluding hydrogens is 475 g/mol. The average Bonchev–Trinajstić information content (AvgIpc) is 3.52. The first-order chi connectivity index (χ1) is 13.7. The zero-order chi connectivity index (χ0) is 19.3. The van der Waals surface area contributed by atoms with Crippen LogP contribution in [0.5, 0.6) is 0 Å². The van der Waals surface area contributed by atoms with Gasteiger partial charge in [0.25, 0.3) is 5.84 Å². The van der Waals surface area contributed by atoms with E-state index in [4.69, 9.17) is 0 Å². The summed E-state index contributed by atoms with van der Waals surface area (Å²) >= 11 is 0. The molecule has 0 N–H and O–H groups in total. The standard InChI is InChI=1S/C24H23N2O2.HI/c1-2-25-20(15-12-16-8-4-3-5-9-16)26(17-13-14-17)22-21(25)23(27)18-10-6-7-11-19(18)24(22)28;/h3-12,15,17,21-22H,2,13-14H2,1H3;1H/q+1;/p-1/b15-12+;. The van der Waals surface area contributed by atoms with Crippen LogP contribution in [0.2, 0.25) is 0 Å².